The SMILES string of the molecule is CC(C)(C)[C@H]1[C@H](Nc2nc(Nc3ccccc3)ccc2C#N)[C@H](c2ccccc2)N(C(=O)C2CCCCC2)[C@@H]1C(=O)O. The molecule has 5 rings (SSSR count). The van der Waals surface area contributed by atoms with Crippen LogP contribution in [0.1, 0.15) is 70.0 Å². The second-order valence-electron chi connectivity index (χ2n) is 12.5. The number of carboxylic acid groups (broad SMARTS) is 1. The second kappa shape index (κ2) is 12.2. The summed E-state index contributed by atoms with van der Waals surface area (Å²) in [5.74, 6) is -0.882. The van der Waals surface area contributed by atoms with Gasteiger partial charge in [-0.25, -0.2) is 9.78 Å². The van der Waals surface area contributed by atoms with Crippen LogP contribution in [0.4, 0.5) is 17.3 Å². The molecule has 2 aliphatic rings. The van der Waals surface area contributed by atoms with Crippen molar-refractivity contribution in [3.63, 3.8) is 0 Å². The highest BCUT2D eigenvalue weighted by Gasteiger charge is 2.58. The molecule has 1 aliphatic heterocycles. The number of aromatic nitrogens is 1. The van der Waals surface area contributed by atoms with Crippen molar-refractivity contribution in [3.05, 3.63) is 83.9 Å². The first-order valence-electron chi connectivity index (χ1n) is 14.8. The molecule has 2 fully saturated rings. The Morgan fingerprint density at radius 1 is 0.952 bits per heavy atom. The number of amides is 1. The maximum atomic E-state index is 14.3. The topological polar surface area (TPSA) is 118 Å². The fraction of sp³-hybridized carbons (Fsp3) is 0.412. The van der Waals surface area contributed by atoms with Gasteiger partial charge < -0.3 is 20.6 Å². The van der Waals surface area contributed by atoms with Crippen molar-refractivity contribution < 1.29 is 14.7 Å². The average Bonchev–Trinajstić information content (AvgIpc) is 3.34. The summed E-state index contributed by atoms with van der Waals surface area (Å²) in [5.41, 5.74) is 1.56. The number of carbonyl (C=O) groups excluding carboxylic acids is 1. The lowest BCUT2D eigenvalue weighted by Gasteiger charge is -2.36. The molecule has 0 spiro atoms. The molecule has 218 valence electrons. The average molecular weight is 566 g/mol. The third kappa shape index (κ3) is 5.96. The smallest absolute Gasteiger partial charge is 0.326 e. The first kappa shape index (κ1) is 29.1. The number of anilines is 3. The van der Waals surface area contributed by atoms with Crippen molar-refractivity contribution >= 4 is 29.2 Å². The van der Waals surface area contributed by atoms with Crippen LogP contribution in [0.2, 0.25) is 0 Å². The van der Waals surface area contributed by atoms with Crippen LogP contribution in [0, 0.1) is 28.6 Å². The number of pyridine rings is 1. The van der Waals surface area contributed by atoms with Crippen LogP contribution < -0.4 is 10.6 Å². The molecule has 3 N–H and O–H groups in total. The number of hydrogen-bond donors (Lipinski definition) is 3. The maximum Gasteiger partial charge on any atom is 0.326 e. The van der Waals surface area contributed by atoms with E-state index in [1.165, 1.54) is 0 Å². The Morgan fingerprint density at radius 3 is 2.19 bits per heavy atom. The van der Waals surface area contributed by atoms with Gasteiger partial charge in [0.2, 0.25) is 5.91 Å². The molecular weight excluding hydrogens is 526 g/mol. The normalized spacial score (nSPS) is 22.8. The number of benzene rings is 2. The largest absolute Gasteiger partial charge is 0.480 e. The molecule has 4 atom stereocenters. The van der Waals surface area contributed by atoms with E-state index < -0.39 is 35.4 Å². The summed E-state index contributed by atoms with van der Waals surface area (Å²) in [6.45, 7) is 6.06. The fourth-order valence-electron chi connectivity index (χ4n) is 6.77. The Bertz CT molecular complexity index is 1440. The number of likely N-dealkylation sites (tertiary alicyclic amines) is 1. The standard InChI is InChI=1S/C34H39N5O3/c1-34(2,3)27-28(38-31-24(21-35)19-20-26(37-31)36-25-17-11-6-12-18-25)29(22-13-7-4-8-14-22)39(30(27)33(41)42)32(40)23-15-9-5-10-16-23/h4,6-8,11-14,17-20,23,27-30H,5,9-10,15-16H2,1-3H3,(H,41,42)(H2,36,37,38)/t27-,28-,29-,30-/m0/s1. The van der Waals surface area contributed by atoms with E-state index in [1.54, 1.807) is 17.0 Å². The number of rotatable bonds is 7. The van der Waals surface area contributed by atoms with Crippen LogP contribution in [0.3, 0.4) is 0 Å². The molecular formula is C34H39N5O3. The van der Waals surface area contributed by atoms with Gasteiger partial charge in [-0.2, -0.15) is 5.26 Å². The molecule has 0 unspecified atom stereocenters. The van der Waals surface area contributed by atoms with Gasteiger partial charge in [0.1, 0.15) is 23.7 Å². The van der Waals surface area contributed by atoms with Crippen molar-refractivity contribution in [2.45, 2.75) is 71.0 Å². The number of hydrogen-bond acceptors (Lipinski definition) is 6. The minimum atomic E-state index is -1.04. The predicted octanol–water partition coefficient (Wildman–Crippen LogP) is 6.76. The van der Waals surface area contributed by atoms with Crippen LogP contribution in [-0.4, -0.2) is 39.0 Å². The first-order valence-corrected chi connectivity index (χ1v) is 14.8. The molecule has 8 heteroatoms. The van der Waals surface area contributed by atoms with Gasteiger partial charge in [-0.3, -0.25) is 4.79 Å². The molecule has 0 radical (unpaired) electrons. The lowest BCUT2D eigenvalue weighted by atomic mass is 9.72. The lowest BCUT2D eigenvalue weighted by molar-refractivity contribution is -0.154. The van der Waals surface area contributed by atoms with Crippen molar-refractivity contribution in [1.82, 2.24) is 9.88 Å². The predicted molar refractivity (Wildman–Crippen MR) is 163 cm³/mol. The fourth-order valence-corrected chi connectivity index (χ4v) is 6.77. The maximum absolute atomic E-state index is 14.3. The number of aliphatic carboxylic acids is 1. The Balaban J connectivity index is 1.62. The van der Waals surface area contributed by atoms with E-state index in [1.807, 2.05) is 81.4 Å². The number of nitriles is 1. The number of nitrogens with one attached hydrogen (secondary N) is 2. The van der Waals surface area contributed by atoms with Gasteiger partial charge >= 0.3 is 5.97 Å². The zero-order valence-corrected chi connectivity index (χ0v) is 24.5. The number of para-hydroxylation sites is 1. The van der Waals surface area contributed by atoms with Gasteiger partial charge in [0.05, 0.1) is 17.6 Å². The van der Waals surface area contributed by atoms with E-state index in [-0.39, 0.29) is 11.8 Å². The first-order chi connectivity index (χ1) is 20.2. The molecule has 1 amide bonds. The van der Waals surface area contributed by atoms with E-state index in [9.17, 15) is 20.0 Å². The molecule has 1 saturated heterocycles. The summed E-state index contributed by atoms with van der Waals surface area (Å²) in [6.07, 6.45) is 4.58. The van der Waals surface area contributed by atoms with Crippen LogP contribution >= 0.6 is 0 Å². The zero-order valence-electron chi connectivity index (χ0n) is 24.5. The van der Waals surface area contributed by atoms with Crippen LogP contribution in [0.15, 0.2) is 72.8 Å². The van der Waals surface area contributed by atoms with E-state index in [0.717, 1.165) is 43.4 Å². The number of carboxylic acids is 1. The van der Waals surface area contributed by atoms with E-state index in [0.29, 0.717) is 17.2 Å². The Morgan fingerprint density at radius 2 is 1.60 bits per heavy atom. The summed E-state index contributed by atoms with van der Waals surface area (Å²) in [7, 11) is 0. The molecule has 0 bridgehead atoms. The van der Waals surface area contributed by atoms with Crippen molar-refractivity contribution in [1.29, 1.82) is 5.26 Å². The second-order valence-corrected chi connectivity index (χ2v) is 12.5. The van der Waals surface area contributed by atoms with Gasteiger partial charge in [-0.1, -0.05) is 88.6 Å². The van der Waals surface area contributed by atoms with Crippen molar-refractivity contribution in [2.75, 3.05) is 10.6 Å². The molecule has 2 aromatic carbocycles. The molecule has 1 aromatic heterocycles. The quantitative estimate of drug-likeness (QED) is 0.290. The third-order valence-electron chi connectivity index (χ3n) is 8.63. The summed E-state index contributed by atoms with van der Waals surface area (Å²) in [4.78, 5) is 33.9. The summed E-state index contributed by atoms with van der Waals surface area (Å²) in [5, 5.41) is 27.6. The van der Waals surface area contributed by atoms with Gasteiger partial charge in [0, 0.05) is 17.5 Å². The number of nitrogens with zero attached hydrogens (tertiary/aromatic N) is 3. The van der Waals surface area contributed by atoms with Gasteiger partial charge in [-0.05, 0) is 48.1 Å². The highest BCUT2D eigenvalue weighted by molar-refractivity contribution is 5.87. The van der Waals surface area contributed by atoms with Crippen LogP contribution in [-0.2, 0) is 9.59 Å². The minimum absolute atomic E-state index is 0.0949. The molecule has 8 nitrogen and oxygen atoms in total. The minimum Gasteiger partial charge on any atom is -0.480 e. The summed E-state index contributed by atoms with van der Waals surface area (Å²) < 4.78 is 0. The van der Waals surface area contributed by atoms with Gasteiger partial charge in [-0.15, -0.1) is 0 Å². The van der Waals surface area contributed by atoms with Crippen molar-refractivity contribution in [3.8, 4) is 6.07 Å². The van der Waals surface area contributed by atoms with E-state index in [2.05, 4.69) is 16.7 Å². The van der Waals surface area contributed by atoms with E-state index in [4.69, 9.17) is 4.98 Å². The monoisotopic (exact) mass is 565 g/mol. The summed E-state index contributed by atoms with van der Waals surface area (Å²) >= 11 is 0. The molecule has 2 heterocycles. The van der Waals surface area contributed by atoms with Gasteiger partial charge in [0.25, 0.3) is 0 Å². The van der Waals surface area contributed by atoms with Crippen LogP contribution in [0.25, 0.3) is 0 Å². The van der Waals surface area contributed by atoms with Gasteiger partial charge in [0.15, 0.2) is 0 Å². The zero-order chi connectivity index (χ0) is 29.9. The molecule has 42 heavy (non-hydrogen) atoms. The Hall–Kier alpha value is -4.38. The summed E-state index contributed by atoms with van der Waals surface area (Å²) in [6, 6.07) is 22.9. The lowest BCUT2D eigenvalue weighted by Crippen LogP contribution is -2.49. The van der Waals surface area contributed by atoms with E-state index >= 15 is 0 Å². The highest BCUT2D eigenvalue weighted by atomic mass is 16.4. The van der Waals surface area contributed by atoms with Crippen molar-refractivity contribution in [2.24, 2.45) is 17.3 Å². The molecule has 3 aromatic rings. The third-order valence-corrected chi connectivity index (χ3v) is 8.63. The molecule has 1 saturated carbocycles. The number of carbonyl (C=O) groups is 2. The molecule has 1 aliphatic carbocycles. The van der Waals surface area contributed by atoms with Crippen LogP contribution in [0.5, 0.6) is 0 Å². The highest BCUT2D eigenvalue weighted by Crippen LogP contribution is 2.50. The Kier molecular flexibility index (Phi) is 8.49. The Labute approximate surface area is 247 Å².